The lowest BCUT2D eigenvalue weighted by Gasteiger charge is -2.33. The molecule has 132 valence electrons. The molecule has 0 unspecified atom stereocenters. The summed E-state index contributed by atoms with van der Waals surface area (Å²) in [5.74, 6) is 1.44. The van der Waals surface area contributed by atoms with Crippen molar-refractivity contribution >= 4 is 5.91 Å². The number of nitrogens with one attached hydrogen (secondary N) is 1. The molecule has 0 saturated carbocycles. The van der Waals surface area contributed by atoms with E-state index >= 15 is 0 Å². The third-order valence-corrected chi connectivity index (χ3v) is 4.77. The Morgan fingerprint density at radius 3 is 3.04 bits per heavy atom. The van der Waals surface area contributed by atoms with Gasteiger partial charge in [0.25, 0.3) is 0 Å². The summed E-state index contributed by atoms with van der Waals surface area (Å²) in [6.07, 6.45) is 0.827. The molecule has 2 atom stereocenters. The molecule has 0 aliphatic carbocycles. The predicted molar refractivity (Wildman–Crippen MR) is 89.8 cm³/mol. The predicted octanol–water partition coefficient (Wildman–Crippen LogP) is 1.72. The van der Waals surface area contributed by atoms with E-state index < -0.39 is 0 Å². The number of aromatic nitrogens is 3. The molecule has 25 heavy (non-hydrogen) atoms. The minimum atomic E-state index is -0.276. The molecule has 7 heteroatoms. The summed E-state index contributed by atoms with van der Waals surface area (Å²) in [4.78, 5) is 19.0. The number of benzene rings is 1. The van der Waals surface area contributed by atoms with E-state index in [-0.39, 0.29) is 18.1 Å². The van der Waals surface area contributed by atoms with E-state index in [2.05, 4.69) is 27.3 Å². The second kappa shape index (κ2) is 6.93. The zero-order valence-electron chi connectivity index (χ0n) is 14.3. The highest BCUT2D eigenvalue weighted by atomic mass is 16.5. The van der Waals surface area contributed by atoms with Gasteiger partial charge in [-0.2, -0.15) is 5.10 Å². The zero-order chi connectivity index (χ0) is 17.2. The molecule has 1 fully saturated rings. The quantitative estimate of drug-likeness (QED) is 0.919. The first-order valence-electron chi connectivity index (χ1n) is 8.68. The Morgan fingerprint density at radius 1 is 1.32 bits per heavy atom. The van der Waals surface area contributed by atoms with Gasteiger partial charge >= 0.3 is 0 Å². The Kier molecular flexibility index (Phi) is 4.50. The average molecular weight is 342 g/mol. The van der Waals surface area contributed by atoms with Crippen molar-refractivity contribution in [1.82, 2.24) is 20.1 Å². The van der Waals surface area contributed by atoms with Crippen LogP contribution < -0.4 is 0 Å². The average Bonchev–Trinajstić information content (AvgIpc) is 3.09. The molecule has 1 amide bonds. The number of H-pyrrole nitrogens is 1. The summed E-state index contributed by atoms with van der Waals surface area (Å²) in [6.45, 7) is 4.07. The molecule has 3 heterocycles. The van der Waals surface area contributed by atoms with Crippen molar-refractivity contribution in [3.05, 3.63) is 47.0 Å². The Balaban J connectivity index is 1.43. The summed E-state index contributed by atoms with van der Waals surface area (Å²) in [6, 6.07) is 8.21. The number of amides is 1. The van der Waals surface area contributed by atoms with Crippen LogP contribution in [-0.4, -0.2) is 52.3 Å². The van der Waals surface area contributed by atoms with Crippen molar-refractivity contribution in [2.24, 2.45) is 0 Å². The van der Waals surface area contributed by atoms with E-state index in [9.17, 15) is 4.79 Å². The van der Waals surface area contributed by atoms with Gasteiger partial charge in [0.1, 0.15) is 11.9 Å². The second-order valence-corrected chi connectivity index (χ2v) is 6.49. The zero-order valence-corrected chi connectivity index (χ0v) is 14.3. The van der Waals surface area contributed by atoms with Gasteiger partial charge in [-0.15, -0.1) is 0 Å². The SMILES string of the molecule is Cc1nc([C@@H]2CN(C(=O)C[C@@H]3OCCc4ccccc43)CCO2)n[nH]1. The van der Waals surface area contributed by atoms with Crippen LogP contribution in [0.3, 0.4) is 0 Å². The van der Waals surface area contributed by atoms with Crippen LogP contribution in [0, 0.1) is 6.92 Å². The van der Waals surface area contributed by atoms with Crippen LogP contribution in [0.5, 0.6) is 0 Å². The van der Waals surface area contributed by atoms with Gasteiger partial charge < -0.3 is 14.4 Å². The Labute approximate surface area is 146 Å². The van der Waals surface area contributed by atoms with Crippen LogP contribution in [0.4, 0.5) is 0 Å². The first-order chi connectivity index (χ1) is 12.2. The number of hydrogen-bond donors (Lipinski definition) is 1. The van der Waals surface area contributed by atoms with Crippen LogP contribution >= 0.6 is 0 Å². The molecule has 4 rings (SSSR count). The number of carbonyl (C=O) groups is 1. The number of aromatic amines is 1. The van der Waals surface area contributed by atoms with Crippen molar-refractivity contribution in [3.63, 3.8) is 0 Å². The number of rotatable bonds is 3. The van der Waals surface area contributed by atoms with E-state index in [4.69, 9.17) is 9.47 Å². The summed E-state index contributed by atoms with van der Waals surface area (Å²) >= 11 is 0. The highest BCUT2D eigenvalue weighted by molar-refractivity contribution is 5.77. The van der Waals surface area contributed by atoms with Gasteiger partial charge in [0, 0.05) is 6.54 Å². The van der Waals surface area contributed by atoms with Gasteiger partial charge in [0.2, 0.25) is 5.91 Å². The summed E-state index contributed by atoms with van der Waals surface area (Å²) in [5.41, 5.74) is 2.42. The van der Waals surface area contributed by atoms with Gasteiger partial charge in [0.05, 0.1) is 32.3 Å². The first-order valence-corrected chi connectivity index (χ1v) is 8.68. The molecule has 0 spiro atoms. The summed E-state index contributed by atoms with van der Waals surface area (Å²) in [5, 5.41) is 6.98. The van der Waals surface area contributed by atoms with Crippen LogP contribution in [0.25, 0.3) is 0 Å². The number of aryl methyl sites for hydroxylation is 1. The van der Waals surface area contributed by atoms with Crippen molar-refractivity contribution in [3.8, 4) is 0 Å². The maximum Gasteiger partial charge on any atom is 0.225 e. The third kappa shape index (κ3) is 3.43. The third-order valence-electron chi connectivity index (χ3n) is 4.77. The molecular weight excluding hydrogens is 320 g/mol. The Bertz CT molecular complexity index is 760. The maximum atomic E-state index is 12.8. The van der Waals surface area contributed by atoms with Crippen molar-refractivity contribution in [1.29, 1.82) is 0 Å². The normalized spacial score (nSPS) is 23.3. The topological polar surface area (TPSA) is 80.3 Å². The van der Waals surface area contributed by atoms with Gasteiger partial charge in [0.15, 0.2) is 5.82 Å². The molecule has 0 bridgehead atoms. The minimum Gasteiger partial charge on any atom is -0.373 e. The van der Waals surface area contributed by atoms with Gasteiger partial charge in [-0.1, -0.05) is 24.3 Å². The number of hydrogen-bond acceptors (Lipinski definition) is 5. The van der Waals surface area contributed by atoms with E-state index in [1.54, 1.807) is 0 Å². The minimum absolute atomic E-state index is 0.0854. The Hall–Kier alpha value is -2.25. The fourth-order valence-corrected chi connectivity index (χ4v) is 3.47. The van der Waals surface area contributed by atoms with Crippen LogP contribution in [-0.2, 0) is 20.7 Å². The molecule has 0 radical (unpaired) electrons. The first kappa shape index (κ1) is 16.2. The summed E-state index contributed by atoms with van der Waals surface area (Å²) < 4.78 is 11.6. The molecule has 1 aromatic carbocycles. The number of ether oxygens (including phenoxy) is 2. The molecule has 2 aliphatic heterocycles. The molecule has 1 saturated heterocycles. The van der Waals surface area contributed by atoms with Crippen LogP contribution in [0.2, 0.25) is 0 Å². The van der Waals surface area contributed by atoms with E-state index in [0.29, 0.717) is 38.5 Å². The van der Waals surface area contributed by atoms with Crippen LogP contribution in [0.1, 0.15) is 41.4 Å². The standard InChI is InChI=1S/C18H22N4O3/c1-12-19-18(21-20-12)16-11-22(7-9-25-16)17(23)10-15-14-5-3-2-4-13(14)6-8-24-15/h2-5,15-16H,6-11H2,1H3,(H,19,20,21)/t15-,16-/m0/s1. The lowest BCUT2D eigenvalue weighted by Crippen LogP contribution is -2.43. The molecular formula is C18H22N4O3. The number of nitrogens with zero attached hydrogens (tertiary/aromatic N) is 3. The molecule has 7 nitrogen and oxygen atoms in total. The highest BCUT2D eigenvalue weighted by Gasteiger charge is 2.30. The van der Waals surface area contributed by atoms with Gasteiger partial charge in [-0.25, -0.2) is 4.98 Å². The monoisotopic (exact) mass is 342 g/mol. The smallest absolute Gasteiger partial charge is 0.225 e. The number of morpholine rings is 1. The number of fused-ring (bicyclic) bond motifs is 1. The highest BCUT2D eigenvalue weighted by Crippen LogP contribution is 2.30. The molecule has 1 N–H and O–H groups in total. The van der Waals surface area contributed by atoms with Crippen molar-refractivity contribution in [2.45, 2.75) is 32.0 Å². The van der Waals surface area contributed by atoms with Gasteiger partial charge in [-0.3, -0.25) is 9.89 Å². The van der Waals surface area contributed by atoms with E-state index in [1.165, 1.54) is 5.56 Å². The molecule has 1 aromatic heterocycles. The molecule has 2 aliphatic rings. The second-order valence-electron chi connectivity index (χ2n) is 6.49. The number of carbonyl (C=O) groups excluding carboxylic acids is 1. The van der Waals surface area contributed by atoms with Crippen molar-refractivity contribution < 1.29 is 14.3 Å². The largest absolute Gasteiger partial charge is 0.373 e. The molecule has 2 aromatic rings. The van der Waals surface area contributed by atoms with Gasteiger partial charge in [-0.05, 0) is 24.5 Å². The van der Waals surface area contributed by atoms with Crippen LogP contribution in [0.15, 0.2) is 24.3 Å². The maximum absolute atomic E-state index is 12.8. The van der Waals surface area contributed by atoms with E-state index in [0.717, 1.165) is 17.8 Å². The van der Waals surface area contributed by atoms with Crippen molar-refractivity contribution in [2.75, 3.05) is 26.3 Å². The fourth-order valence-electron chi connectivity index (χ4n) is 3.47. The fraction of sp³-hybridized carbons (Fsp3) is 0.500. The Morgan fingerprint density at radius 2 is 2.20 bits per heavy atom. The summed E-state index contributed by atoms with van der Waals surface area (Å²) in [7, 11) is 0. The lowest BCUT2D eigenvalue weighted by molar-refractivity contribution is -0.142. The lowest BCUT2D eigenvalue weighted by atomic mass is 9.95. The van der Waals surface area contributed by atoms with E-state index in [1.807, 2.05) is 24.0 Å².